The van der Waals surface area contributed by atoms with Crippen LogP contribution >= 0.6 is 0 Å². The number of sulfone groups is 1. The minimum absolute atomic E-state index is 0.863. The molecular weight excluding hydrogens is 140 g/mol. The second-order valence-electron chi connectivity index (χ2n) is 2.00. The van der Waals surface area contributed by atoms with E-state index in [0.29, 0.717) is 0 Å². The van der Waals surface area contributed by atoms with Gasteiger partial charge in [0.2, 0.25) is 0 Å². The van der Waals surface area contributed by atoms with Crippen LogP contribution in [0.25, 0.3) is 0 Å². The van der Waals surface area contributed by atoms with Gasteiger partial charge in [-0.05, 0) is 13.8 Å². The van der Waals surface area contributed by atoms with E-state index in [1.807, 2.05) is 0 Å². The van der Waals surface area contributed by atoms with Crippen LogP contribution in [0.5, 0.6) is 0 Å². The maximum Gasteiger partial charge on any atom is 0.180 e. The van der Waals surface area contributed by atoms with Crippen LogP contribution in [-0.4, -0.2) is 19.2 Å². The molecule has 0 aromatic heterocycles. The van der Waals surface area contributed by atoms with Crippen LogP contribution in [0.3, 0.4) is 0 Å². The van der Waals surface area contributed by atoms with Gasteiger partial charge in [0.05, 0.1) is 0 Å². The van der Waals surface area contributed by atoms with Gasteiger partial charge >= 0.3 is 0 Å². The first-order valence-electron chi connectivity index (χ1n) is 2.63. The van der Waals surface area contributed by atoms with E-state index in [2.05, 4.69) is 0 Å². The standard InChI is InChI=1S/C4H12N2O2S/c1-3(5)9(7,8)4(2)6/h3-4H,5-6H2,1-2H3/t3-,4-/m1/s1. The average molecular weight is 152 g/mol. The fourth-order valence-corrected chi connectivity index (χ4v) is 1.02. The van der Waals surface area contributed by atoms with Gasteiger partial charge < -0.3 is 11.5 Å². The molecular formula is C4H12N2O2S. The summed E-state index contributed by atoms with van der Waals surface area (Å²) in [5.41, 5.74) is 10.2. The Balaban J connectivity index is 4.42. The molecule has 0 radical (unpaired) electrons. The first kappa shape index (κ1) is 8.87. The molecule has 9 heavy (non-hydrogen) atoms. The summed E-state index contributed by atoms with van der Waals surface area (Å²) in [6.45, 7) is 2.80. The molecule has 0 spiro atoms. The van der Waals surface area contributed by atoms with E-state index in [1.54, 1.807) is 0 Å². The molecule has 0 heterocycles. The minimum atomic E-state index is -3.26. The molecule has 56 valence electrons. The number of hydrogen-bond donors (Lipinski definition) is 2. The van der Waals surface area contributed by atoms with Crippen LogP contribution in [0.4, 0.5) is 0 Å². The van der Waals surface area contributed by atoms with Gasteiger partial charge in [-0.1, -0.05) is 0 Å². The molecule has 0 unspecified atom stereocenters. The summed E-state index contributed by atoms with van der Waals surface area (Å²) in [5.74, 6) is 0. The van der Waals surface area contributed by atoms with Crippen molar-refractivity contribution in [2.75, 3.05) is 0 Å². The van der Waals surface area contributed by atoms with Crippen molar-refractivity contribution in [1.29, 1.82) is 0 Å². The predicted octanol–water partition coefficient (Wildman–Crippen LogP) is -0.989. The van der Waals surface area contributed by atoms with E-state index < -0.39 is 20.6 Å². The van der Waals surface area contributed by atoms with Crippen molar-refractivity contribution in [2.24, 2.45) is 11.5 Å². The Morgan fingerprint density at radius 3 is 1.33 bits per heavy atom. The highest BCUT2D eigenvalue weighted by molar-refractivity contribution is 7.92. The summed E-state index contributed by atoms with van der Waals surface area (Å²) in [6.07, 6.45) is 0. The van der Waals surface area contributed by atoms with Gasteiger partial charge in [0.15, 0.2) is 9.84 Å². The normalized spacial score (nSPS) is 19.1. The third kappa shape index (κ3) is 1.92. The number of hydrogen-bond acceptors (Lipinski definition) is 4. The van der Waals surface area contributed by atoms with E-state index in [1.165, 1.54) is 13.8 Å². The Morgan fingerprint density at radius 1 is 1.11 bits per heavy atom. The van der Waals surface area contributed by atoms with Crippen LogP contribution in [0, 0.1) is 0 Å². The Bertz CT molecular complexity index is 157. The van der Waals surface area contributed by atoms with E-state index >= 15 is 0 Å². The predicted molar refractivity (Wildman–Crippen MR) is 36.2 cm³/mol. The molecule has 0 aliphatic rings. The van der Waals surface area contributed by atoms with Crippen molar-refractivity contribution in [3.05, 3.63) is 0 Å². The quantitative estimate of drug-likeness (QED) is 0.532. The lowest BCUT2D eigenvalue weighted by atomic mass is 10.8. The van der Waals surface area contributed by atoms with Crippen LogP contribution in [0.1, 0.15) is 13.8 Å². The molecule has 0 aromatic rings. The van der Waals surface area contributed by atoms with Gasteiger partial charge in [0, 0.05) is 0 Å². The van der Waals surface area contributed by atoms with E-state index in [-0.39, 0.29) is 0 Å². The molecule has 0 amide bonds. The summed E-state index contributed by atoms with van der Waals surface area (Å²) in [6, 6.07) is 0. The van der Waals surface area contributed by atoms with Crippen LogP contribution in [0.2, 0.25) is 0 Å². The topological polar surface area (TPSA) is 86.2 Å². The van der Waals surface area contributed by atoms with E-state index in [4.69, 9.17) is 11.5 Å². The SMILES string of the molecule is C[C@H](N)S(=O)(=O)[C@H](C)N. The van der Waals surface area contributed by atoms with E-state index in [9.17, 15) is 8.42 Å². The van der Waals surface area contributed by atoms with Crippen molar-refractivity contribution < 1.29 is 8.42 Å². The smallest absolute Gasteiger partial charge is 0.180 e. The minimum Gasteiger partial charge on any atom is -0.315 e. The molecule has 0 saturated heterocycles. The molecule has 0 aliphatic heterocycles. The highest BCUT2D eigenvalue weighted by atomic mass is 32.2. The first-order chi connectivity index (χ1) is 3.89. The molecule has 4 nitrogen and oxygen atoms in total. The maximum atomic E-state index is 10.8. The maximum absolute atomic E-state index is 10.8. The van der Waals surface area contributed by atoms with E-state index in [0.717, 1.165) is 0 Å². The summed E-state index contributed by atoms with van der Waals surface area (Å²) < 4.78 is 21.6. The van der Waals surface area contributed by atoms with Crippen molar-refractivity contribution in [3.63, 3.8) is 0 Å². The molecule has 4 N–H and O–H groups in total. The van der Waals surface area contributed by atoms with Crippen molar-refractivity contribution in [3.8, 4) is 0 Å². The zero-order valence-corrected chi connectivity index (χ0v) is 6.35. The lowest BCUT2D eigenvalue weighted by Crippen LogP contribution is -2.39. The third-order valence-corrected chi connectivity index (χ3v) is 3.11. The van der Waals surface area contributed by atoms with Crippen LogP contribution in [-0.2, 0) is 9.84 Å². The summed E-state index contributed by atoms with van der Waals surface area (Å²) in [7, 11) is -3.26. The summed E-state index contributed by atoms with van der Waals surface area (Å²) in [5, 5.41) is -1.73. The molecule has 0 bridgehead atoms. The molecule has 0 fully saturated rings. The molecule has 0 aromatic carbocycles. The van der Waals surface area contributed by atoms with Gasteiger partial charge in [0.25, 0.3) is 0 Å². The zero-order chi connectivity index (χ0) is 7.65. The fourth-order valence-electron chi connectivity index (χ4n) is 0.339. The fraction of sp³-hybridized carbons (Fsp3) is 1.00. The molecule has 5 heteroatoms. The highest BCUT2D eigenvalue weighted by Gasteiger charge is 2.20. The summed E-state index contributed by atoms with van der Waals surface area (Å²) in [4.78, 5) is 0. The molecule has 0 saturated carbocycles. The van der Waals surface area contributed by atoms with Gasteiger partial charge in [-0.15, -0.1) is 0 Å². The Morgan fingerprint density at radius 2 is 1.33 bits per heavy atom. The van der Waals surface area contributed by atoms with Crippen LogP contribution < -0.4 is 11.5 Å². The highest BCUT2D eigenvalue weighted by Crippen LogP contribution is 1.98. The zero-order valence-electron chi connectivity index (χ0n) is 5.53. The number of nitrogens with two attached hydrogens (primary N) is 2. The summed E-state index contributed by atoms with van der Waals surface area (Å²) >= 11 is 0. The largest absolute Gasteiger partial charge is 0.315 e. The Hall–Kier alpha value is -0.130. The lowest BCUT2D eigenvalue weighted by molar-refractivity contribution is 0.574. The van der Waals surface area contributed by atoms with Crippen LogP contribution in [0.15, 0.2) is 0 Å². The number of rotatable bonds is 2. The lowest BCUT2D eigenvalue weighted by Gasteiger charge is -2.09. The Labute approximate surface area is 55.1 Å². The molecule has 0 aliphatic carbocycles. The average Bonchev–Trinajstić information content (AvgIpc) is 1.65. The third-order valence-electron chi connectivity index (χ3n) is 1.04. The van der Waals surface area contributed by atoms with Crippen molar-refractivity contribution >= 4 is 9.84 Å². The molecule has 2 atom stereocenters. The second kappa shape index (κ2) is 2.64. The van der Waals surface area contributed by atoms with Gasteiger partial charge in [-0.25, -0.2) is 8.42 Å². The first-order valence-corrected chi connectivity index (χ1v) is 4.24. The monoisotopic (exact) mass is 152 g/mol. The van der Waals surface area contributed by atoms with Gasteiger partial charge in [0.1, 0.15) is 10.7 Å². The molecule has 0 rings (SSSR count). The van der Waals surface area contributed by atoms with Gasteiger partial charge in [-0.2, -0.15) is 0 Å². The van der Waals surface area contributed by atoms with Crippen molar-refractivity contribution in [1.82, 2.24) is 0 Å². The van der Waals surface area contributed by atoms with Crippen molar-refractivity contribution in [2.45, 2.75) is 24.6 Å². The second-order valence-corrected chi connectivity index (χ2v) is 4.66. The van der Waals surface area contributed by atoms with Gasteiger partial charge in [-0.3, -0.25) is 0 Å². The Kier molecular flexibility index (Phi) is 2.60.